The van der Waals surface area contributed by atoms with E-state index in [1.165, 1.54) is 17.7 Å². The highest BCUT2D eigenvalue weighted by Gasteiger charge is 2.09. The van der Waals surface area contributed by atoms with Gasteiger partial charge in [0.15, 0.2) is 0 Å². The van der Waals surface area contributed by atoms with E-state index in [0.29, 0.717) is 5.52 Å². The number of aryl methyl sites for hydroxylation is 2. The Labute approximate surface area is 125 Å². The molecule has 0 bridgehead atoms. The molecule has 21 heavy (non-hydrogen) atoms. The monoisotopic (exact) mass is 301 g/mol. The van der Waals surface area contributed by atoms with Gasteiger partial charge in [-0.15, -0.1) is 0 Å². The number of imidazole rings is 1. The molecule has 0 spiro atoms. The van der Waals surface area contributed by atoms with E-state index in [1.54, 1.807) is 12.4 Å². The number of hydrogen-bond acceptors (Lipinski definition) is 3. The predicted octanol–water partition coefficient (Wildman–Crippen LogP) is 3.84. The minimum atomic E-state index is -0.411. The van der Waals surface area contributed by atoms with Crippen LogP contribution in [0.2, 0.25) is 5.02 Å². The van der Waals surface area contributed by atoms with Gasteiger partial charge in [0.25, 0.3) is 5.69 Å². The summed E-state index contributed by atoms with van der Waals surface area (Å²) in [6.07, 6.45) is 2.56. The third-order valence-electron chi connectivity index (χ3n) is 3.37. The van der Waals surface area contributed by atoms with Crippen molar-refractivity contribution in [3.8, 4) is 0 Å². The summed E-state index contributed by atoms with van der Waals surface area (Å²) in [5.74, 6) is 0. The van der Waals surface area contributed by atoms with E-state index in [1.807, 2.05) is 28.8 Å². The second-order valence-corrected chi connectivity index (χ2v) is 5.18. The summed E-state index contributed by atoms with van der Waals surface area (Å²) in [5, 5.41) is 11.5. The Morgan fingerprint density at radius 3 is 2.67 bits per heavy atom. The van der Waals surface area contributed by atoms with E-state index in [9.17, 15) is 10.1 Å². The summed E-state index contributed by atoms with van der Waals surface area (Å²) in [7, 11) is 0. The molecule has 0 radical (unpaired) electrons. The first kappa shape index (κ1) is 13.6. The normalized spacial score (nSPS) is 10.9. The van der Waals surface area contributed by atoms with Gasteiger partial charge in [0.2, 0.25) is 0 Å². The highest BCUT2D eigenvalue weighted by atomic mass is 35.5. The number of nitro groups is 1. The Bertz CT molecular complexity index is 796. The van der Waals surface area contributed by atoms with Crippen LogP contribution in [0.3, 0.4) is 0 Å². The number of fused-ring (bicyclic) bond motifs is 1. The van der Waals surface area contributed by atoms with E-state index >= 15 is 0 Å². The van der Waals surface area contributed by atoms with Crippen molar-refractivity contribution in [2.24, 2.45) is 0 Å². The van der Waals surface area contributed by atoms with Crippen LogP contribution < -0.4 is 0 Å². The molecule has 0 unspecified atom stereocenters. The molecule has 0 saturated carbocycles. The van der Waals surface area contributed by atoms with Gasteiger partial charge in [-0.3, -0.25) is 10.1 Å². The molecule has 0 amide bonds. The van der Waals surface area contributed by atoms with E-state index in [2.05, 4.69) is 4.98 Å². The van der Waals surface area contributed by atoms with Crippen LogP contribution in [0.4, 0.5) is 5.69 Å². The maximum Gasteiger partial charge on any atom is 0.271 e. The first-order valence-corrected chi connectivity index (χ1v) is 6.85. The number of nitro benzene ring substituents is 1. The number of benzene rings is 2. The van der Waals surface area contributed by atoms with E-state index in [4.69, 9.17) is 11.6 Å². The molecule has 5 nitrogen and oxygen atoms in total. The molecule has 1 heterocycles. The molecule has 6 heteroatoms. The van der Waals surface area contributed by atoms with Gasteiger partial charge in [0, 0.05) is 23.7 Å². The average Bonchev–Trinajstić information content (AvgIpc) is 2.89. The van der Waals surface area contributed by atoms with Crippen LogP contribution in [-0.2, 0) is 13.0 Å². The summed E-state index contributed by atoms with van der Waals surface area (Å²) in [5.41, 5.74) is 2.78. The van der Waals surface area contributed by atoms with Gasteiger partial charge in [-0.1, -0.05) is 23.7 Å². The Kier molecular flexibility index (Phi) is 3.58. The van der Waals surface area contributed by atoms with Crippen molar-refractivity contribution in [2.75, 3.05) is 0 Å². The van der Waals surface area contributed by atoms with Crippen LogP contribution in [0, 0.1) is 10.1 Å². The van der Waals surface area contributed by atoms with Crippen molar-refractivity contribution in [3.63, 3.8) is 0 Å². The van der Waals surface area contributed by atoms with E-state index in [0.717, 1.165) is 23.5 Å². The molecule has 106 valence electrons. The van der Waals surface area contributed by atoms with Gasteiger partial charge in [-0.2, -0.15) is 0 Å². The van der Waals surface area contributed by atoms with Crippen LogP contribution in [-0.4, -0.2) is 14.5 Å². The van der Waals surface area contributed by atoms with E-state index in [-0.39, 0.29) is 5.69 Å². The molecule has 3 aromatic rings. The van der Waals surface area contributed by atoms with Crippen molar-refractivity contribution < 1.29 is 4.92 Å². The number of rotatable bonds is 4. The Hall–Kier alpha value is -2.40. The Morgan fingerprint density at radius 1 is 1.19 bits per heavy atom. The lowest BCUT2D eigenvalue weighted by atomic mass is 10.1. The van der Waals surface area contributed by atoms with Gasteiger partial charge in [0.05, 0.1) is 22.3 Å². The third-order valence-corrected chi connectivity index (χ3v) is 3.62. The molecule has 3 rings (SSSR count). The fraction of sp³-hybridized carbons (Fsp3) is 0.133. The molecule has 0 atom stereocenters. The molecule has 0 fully saturated rings. The smallest absolute Gasteiger partial charge is 0.271 e. The van der Waals surface area contributed by atoms with Gasteiger partial charge >= 0.3 is 0 Å². The molecular weight excluding hydrogens is 290 g/mol. The Balaban J connectivity index is 1.81. The summed E-state index contributed by atoms with van der Waals surface area (Å²) in [6, 6.07) is 12.5. The number of nitrogens with zero attached hydrogens (tertiary/aromatic N) is 3. The molecule has 1 aromatic heterocycles. The van der Waals surface area contributed by atoms with Gasteiger partial charge in [-0.25, -0.2) is 4.98 Å². The summed E-state index contributed by atoms with van der Waals surface area (Å²) in [4.78, 5) is 14.6. The highest BCUT2D eigenvalue weighted by Crippen LogP contribution is 2.20. The molecule has 0 aliphatic carbocycles. The Morgan fingerprint density at radius 2 is 1.95 bits per heavy atom. The number of halogens is 1. The van der Waals surface area contributed by atoms with Crippen LogP contribution in [0.15, 0.2) is 48.8 Å². The zero-order valence-corrected chi connectivity index (χ0v) is 11.8. The second-order valence-electron chi connectivity index (χ2n) is 4.74. The quantitative estimate of drug-likeness (QED) is 0.543. The van der Waals surface area contributed by atoms with E-state index < -0.39 is 4.92 Å². The van der Waals surface area contributed by atoms with Crippen molar-refractivity contribution in [3.05, 3.63) is 69.5 Å². The number of non-ortho nitro benzene ring substituents is 1. The third kappa shape index (κ3) is 2.87. The molecule has 0 aliphatic rings. The fourth-order valence-electron chi connectivity index (χ4n) is 2.24. The van der Waals surface area contributed by atoms with Crippen LogP contribution in [0.1, 0.15) is 5.56 Å². The van der Waals surface area contributed by atoms with Crippen molar-refractivity contribution in [2.45, 2.75) is 13.0 Å². The zero-order chi connectivity index (χ0) is 14.8. The summed E-state index contributed by atoms with van der Waals surface area (Å²) >= 11 is 5.86. The SMILES string of the molecule is O=[N+]([O-])c1ccc2c(c1)ncn2CCc1ccc(Cl)cc1. The van der Waals surface area contributed by atoms with Crippen LogP contribution >= 0.6 is 11.6 Å². The first-order chi connectivity index (χ1) is 10.1. The second kappa shape index (κ2) is 5.54. The predicted molar refractivity (Wildman–Crippen MR) is 81.5 cm³/mol. The van der Waals surface area contributed by atoms with Gasteiger partial charge in [-0.05, 0) is 30.2 Å². The standard InChI is InChI=1S/C15H12ClN3O2/c16-12-3-1-11(2-4-12)7-8-18-10-17-14-9-13(19(20)21)5-6-15(14)18/h1-6,9-10H,7-8H2. The van der Waals surface area contributed by atoms with Crippen LogP contribution in [0.5, 0.6) is 0 Å². The maximum atomic E-state index is 10.7. The highest BCUT2D eigenvalue weighted by molar-refractivity contribution is 6.30. The maximum absolute atomic E-state index is 10.7. The molecule has 0 aliphatic heterocycles. The van der Waals surface area contributed by atoms with Gasteiger partial charge in [0.1, 0.15) is 0 Å². The van der Waals surface area contributed by atoms with Crippen molar-refractivity contribution >= 4 is 28.3 Å². The topological polar surface area (TPSA) is 61.0 Å². The van der Waals surface area contributed by atoms with Gasteiger partial charge < -0.3 is 4.57 Å². The van der Waals surface area contributed by atoms with Crippen LogP contribution in [0.25, 0.3) is 11.0 Å². The lowest BCUT2D eigenvalue weighted by Gasteiger charge is -2.04. The molecule has 0 N–H and O–H groups in total. The minimum absolute atomic E-state index is 0.0606. The molecule has 2 aromatic carbocycles. The first-order valence-electron chi connectivity index (χ1n) is 6.47. The minimum Gasteiger partial charge on any atom is -0.330 e. The number of aromatic nitrogens is 2. The zero-order valence-electron chi connectivity index (χ0n) is 11.1. The largest absolute Gasteiger partial charge is 0.330 e. The summed E-state index contributed by atoms with van der Waals surface area (Å²) in [6.45, 7) is 0.760. The lowest BCUT2D eigenvalue weighted by molar-refractivity contribution is -0.384. The average molecular weight is 302 g/mol. The van der Waals surface area contributed by atoms with Crippen molar-refractivity contribution in [1.82, 2.24) is 9.55 Å². The summed E-state index contributed by atoms with van der Waals surface area (Å²) < 4.78 is 1.99. The number of hydrogen-bond donors (Lipinski definition) is 0. The lowest BCUT2D eigenvalue weighted by Crippen LogP contribution is -1.99. The molecule has 0 saturated heterocycles. The fourth-order valence-corrected chi connectivity index (χ4v) is 2.37. The molecular formula is C15H12ClN3O2. The van der Waals surface area contributed by atoms with Crippen molar-refractivity contribution in [1.29, 1.82) is 0 Å².